The molecule has 0 radical (unpaired) electrons. The van der Waals surface area contributed by atoms with E-state index < -0.39 is 30.1 Å². The van der Waals surface area contributed by atoms with Gasteiger partial charge in [0.25, 0.3) is 0 Å². The van der Waals surface area contributed by atoms with Crippen LogP contribution >= 0.6 is 12.4 Å². The predicted molar refractivity (Wildman–Crippen MR) is 137 cm³/mol. The fourth-order valence-electron chi connectivity index (χ4n) is 3.34. The highest BCUT2D eigenvalue weighted by molar-refractivity contribution is 5.85. The minimum atomic E-state index is -1.02. The predicted octanol–water partition coefficient (Wildman–Crippen LogP) is 3.65. The fraction of sp³-hybridized carbons (Fsp3) is 0.423. The summed E-state index contributed by atoms with van der Waals surface area (Å²) in [6, 6.07) is 17.8. The summed E-state index contributed by atoms with van der Waals surface area (Å²) in [6.45, 7) is 2.82. The third kappa shape index (κ3) is 11.5. The highest BCUT2D eigenvalue weighted by Gasteiger charge is 2.25. The minimum Gasteiger partial charge on any atom is -0.481 e. The lowest BCUT2D eigenvalue weighted by Crippen LogP contribution is -2.49. The summed E-state index contributed by atoms with van der Waals surface area (Å²) in [7, 11) is 1.31. The molecule has 9 nitrogen and oxygen atoms in total. The lowest BCUT2D eigenvalue weighted by atomic mass is 10.2. The van der Waals surface area contributed by atoms with E-state index >= 15 is 0 Å². The van der Waals surface area contributed by atoms with Crippen LogP contribution < -0.4 is 5.32 Å². The molecule has 2 N–H and O–H groups in total. The number of carboxylic acids is 1. The zero-order chi connectivity index (χ0) is 25.5. The van der Waals surface area contributed by atoms with Crippen molar-refractivity contribution in [2.75, 3.05) is 26.8 Å². The first kappa shape index (κ1) is 30.9. The zero-order valence-corrected chi connectivity index (χ0v) is 21.4. The first-order valence-electron chi connectivity index (χ1n) is 11.5. The molecule has 0 heterocycles. The molecule has 36 heavy (non-hydrogen) atoms. The maximum Gasteiger partial charge on any atom is 0.410 e. The Morgan fingerprint density at radius 3 is 2.11 bits per heavy atom. The molecule has 2 aromatic rings. The van der Waals surface area contributed by atoms with Crippen LogP contribution in [-0.2, 0) is 37.0 Å². The van der Waals surface area contributed by atoms with E-state index in [0.29, 0.717) is 19.6 Å². The average molecular weight is 523 g/mol. The summed E-state index contributed by atoms with van der Waals surface area (Å²) in [5.41, 5.74) is 1.86. The number of carbonyl (C=O) groups is 3. The Labute approximate surface area is 218 Å². The number of benzene rings is 2. The number of rotatable bonds is 15. The number of halogens is 1. The number of esters is 1. The van der Waals surface area contributed by atoms with Gasteiger partial charge in [-0.1, -0.05) is 60.7 Å². The second kappa shape index (κ2) is 17.3. The second-order valence-electron chi connectivity index (χ2n) is 8.04. The number of ether oxygens (including phenoxy) is 3. The maximum atomic E-state index is 12.7. The zero-order valence-electron chi connectivity index (χ0n) is 20.6. The van der Waals surface area contributed by atoms with Gasteiger partial charge in [-0.05, 0) is 24.5 Å². The molecule has 2 rings (SSSR count). The van der Waals surface area contributed by atoms with Gasteiger partial charge in [-0.2, -0.15) is 0 Å². The summed E-state index contributed by atoms with van der Waals surface area (Å²) in [6.07, 6.45) is -0.469. The van der Waals surface area contributed by atoms with Crippen molar-refractivity contribution in [3.8, 4) is 0 Å². The van der Waals surface area contributed by atoms with Gasteiger partial charge < -0.3 is 29.5 Å². The van der Waals surface area contributed by atoms with Gasteiger partial charge in [0.05, 0.1) is 20.1 Å². The number of nitrogens with one attached hydrogen (secondary N) is 1. The second-order valence-corrected chi connectivity index (χ2v) is 8.04. The van der Waals surface area contributed by atoms with Crippen molar-refractivity contribution in [3.63, 3.8) is 0 Å². The molecule has 0 bridgehead atoms. The molecule has 2 unspecified atom stereocenters. The van der Waals surface area contributed by atoms with Crippen molar-refractivity contribution in [1.29, 1.82) is 0 Å². The average Bonchev–Trinajstić information content (AvgIpc) is 2.87. The first-order chi connectivity index (χ1) is 16.9. The lowest BCUT2D eigenvalue weighted by molar-refractivity contribution is -0.143. The van der Waals surface area contributed by atoms with Crippen LogP contribution in [0.15, 0.2) is 60.7 Å². The fourth-order valence-corrected chi connectivity index (χ4v) is 3.34. The monoisotopic (exact) mass is 522 g/mol. The lowest BCUT2D eigenvalue weighted by Gasteiger charge is -2.29. The van der Waals surface area contributed by atoms with E-state index in [-0.39, 0.29) is 38.5 Å². The molecule has 198 valence electrons. The number of carboxylic acid groups (broad SMARTS) is 1. The number of hydrogen-bond acceptors (Lipinski definition) is 7. The molecule has 2 aromatic carbocycles. The van der Waals surface area contributed by atoms with Crippen molar-refractivity contribution >= 4 is 30.4 Å². The van der Waals surface area contributed by atoms with Gasteiger partial charge in [-0.15, -0.1) is 12.4 Å². The molecule has 0 spiro atoms. The molecular weight excluding hydrogens is 488 g/mol. The Morgan fingerprint density at radius 1 is 0.972 bits per heavy atom. The Bertz CT molecular complexity index is 915. The van der Waals surface area contributed by atoms with E-state index in [1.807, 2.05) is 60.7 Å². The van der Waals surface area contributed by atoms with Crippen molar-refractivity contribution in [1.82, 2.24) is 10.2 Å². The van der Waals surface area contributed by atoms with Crippen LogP contribution in [0.2, 0.25) is 0 Å². The third-order valence-electron chi connectivity index (χ3n) is 5.35. The summed E-state index contributed by atoms with van der Waals surface area (Å²) in [5, 5.41) is 12.2. The number of amides is 1. The van der Waals surface area contributed by atoms with E-state index in [2.05, 4.69) is 5.32 Å². The number of nitrogens with zero attached hydrogens (tertiary/aromatic N) is 1. The molecule has 1 amide bonds. The van der Waals surface area contributed by atoms with Crippen LogP contribution in [0.25, 0.3) is 0 Å². The molecule has 2 atom stereocenters. The van der Waals surface area contributed by atoms with E-state index in [4.69, 9.17) is 19.3 Å². The van der Waals surface area contributed by atoms with Gasteiger partial charge in [0.15, 0.2) is 0 Å². The normalized spacial score (nSPS) is 12.1. The number of carbonyl (C=O) groups excluding carboxylic acids is 2. The van der Waals surface area contributed by atoms with Gasteiger partial charge in [-0.3, -0.25) is 9.59 Å². The SMILES string of the molecule is COC(=O)C(CCOCc1ccccc1)NCC(C)N(CCC(=O)O)C(=O)OCc1ccccc1.Cl. The first-order valence-corrected chi connectivity index (χ1v) is 11.5. The summed E-state index contributed by atoms with van der Waals surface area (Å²) in [5.74, 6) is -1.46. The largest absolute Gasteiger partial charge is 0.481 e. The van der Waals surface area contributed by atoms with Gasteiger partial charge in [0.2, 0.25) is 0 Å². The standard InChI is InChI=1S/C26H34N2O7.ClH/c1-20(28(15-13-24(29)30)26(32)35-19-22-11-7-4-8-12-22)17-27-23(25(31)33-2)14-16-34-18-21-9-5-3-6-10-21;/h3-12,20,23,27H,13-19H2,1-2H3,(H,29,30);1H. The van der Waals surface area contributed by atoms with Crippen molar-refractivity contribution in [3.05, 3.63) is 71.8 Å². The van der Waals surface area contributed by atoms with E-state index in [9.17, 15) is 14.4 Å². The quantitative estimate of drug-likeness (QED) is 0.269. The van der Waals surface area contributed by atoms with E-state index in [0.717, 1.165) is 11.1 Å². The van der Waals surface area contributed by atoms with Crippen molar-refractivity contribution < 1.29 is 33.7 Å². The van der Waals surface area contributed by atoms with Crippen LogP contribution in [-0.4, -0.2) is 66.9 Å². The molecule has 0 saturated carbocycles. The molecule has 0 fully saturated rings. The van der Waals surface area contributed by atoms with Gasteiger partial charge in [0.1, 0.15) is 12.6 Å². The third-order valence-corrected chi connectivity index (χ3v) is 5.35. The number of hydrogen-bond donors (Lipinski definition) is 2. The van der Waals surface area contributed by atoms with Crippen LogP contribution in [0.1, 0.15) is 30.9 Å². The molecule has 0 aliphatic heterocycles. The van der Waals surface area contributed by atoms with E-state index in [1.54, 1.807) is 6.92 Å². The topological polar surface area (TPSA) is 114 Å². The summed E-state index contributed by atoms with van der Waals surface area (Å²) >= 11 is 0. The summed E-state index contributed by atoms with van der Waals surface area (Å²) < 4.78 is 16.0. The van der Waals surface area contributed by atoms with Crippen LogP contribution in [0.4, 0.5) is 4.79 Å². The Hall–Kier alpha value is -3.14. The van der Waals surface area contributed by atoms with Crippen LogP contribution in [0.3, 0.4) is 0 Å². The molecule has 0 saturated heterocycles. The van der Waals surface area contributed by atoms with Crippen LogP contribution in [0, 0.1) is 0 Å². The molecule has 0 aliphatic carbocycles. The number of methoxy groups -OCH3 is 1. The minimum absolute atomic E-state index is 0. The Balaban J connectivity index is 0.00000648. The van der Waals surface area contributed by atoms with Crippen LogP contribution in [0.5, 0.6) is 0 Å². The molecular formula is C26H35ClN2O7. The molecule has 0 aliphatic rings. The summed E-state index contributed by atoms with van der Waals surface area (Å²) in [4.78, 5) is 37.4. The Morgan fingerprint density at radius 2 is 1.56 bits per heavy atom. The van der Waals surface area contributed by atoms with E-state index in [1.165, 1.54) is 12.0 Å². The molecule has 0 aromatic heterocycles. The highest BCUT2D eigenvalue weighted by atomic mass is 35.5. The van der Waals surface area contributed by atoms with Gasteiger partial charge in [-0.25, -0.2) is 4.79 Å². The maximum absolute atomic E-state index is 12.7. The van der Waals surface area contributed by atoms with Gasteiger partial charge >= 0.3 is 18.0 Å². The Kier molecular flexibility index (Phi) is 14.9. The highest BCUT2D eigenvalue weighted by Crippen LogP contribution is 2.09. The number of aliphatic carboxylic acids is 1. The van der Waals surface area contributed by atoms with Gasteiger partial charge in [0, 0.05) is 25.7 Å². The molecule has 10 heteroatoms. The smallest absolute Gasteiger partial charge is 0.410 e. The van der Waals surface area contributed by atoms with Crippen molar-refractivity contribution in [2.24, 2.45) is 0 Å². The van der Waals surface area contributed by atoms with Crippen molar-refractivity contribution in [2.45, 2.75) is 45.1 Å².